The Labute approximate surface area is 45.6 Å². The Bertz CT molecular complexity index is 128. The molecule has 0 aliphatic heterocycles. The molecule has 0 aromatic carbocycles. The first kappa shape index (κ1) is 7.01. The molecule has 0 aromatic rings. The average Bonchev–Trinajstić information content (AvgIpc) is 1.68. The molecule has 7 nitrogen and oxygen atoms in total. The molecule has 0 spiro atoms. The summed E-state index contributed by atoms with van der Waals surface area (Å²) in [5.74, 6) is 0. The molecule has 2 N–H and O–H groups in total. The average molecular weight is 131 g/mol. The second-order valence-electron chi connectivity index (χ2n) is 0.678. The molecule has 0 rings (SSSR count). The van der Waals surface area contributed by atoms with Gasteiger partial charge in [0.05, 0.1) is 0 Å². The van der Waals surface area contributed by atoms with Gasteiger partial charge in [-0.1, -0.05) is 0 Å². The van der Waals surface area contributed by atoms with Crippen molar-refractivity contribution in [3.05, 3.63) is 20.9 Å². The molecule has 8 heteroatoms. The van der Waals surface area contributed by atoms with Crippen LogP contribution in [0, 0.1) is 0 Å². The third kappa shape index (κ3) is 3.21. The Morgan fingerprint density at radius 3 is 1.88 bits per heavy atom. The first-order chi connectivity index (χ1) is 3.81. The molecule has 8 heavy (non-hydrogen) atoms. The molecule has 42 valence electrons. The number of nitrogens with zero attached hydrogens (tertiary/aromatic N) is 6. The third-order valence-electron chi connectivity index (χ3n) is 0.263. The van der Waals surface area contributed by atoms with E-state index in [1.807, 2.05) is 0 Å². The van der Waals surface area contributed by atoms with Gasteiger partial charge in [-0.2, -0.15) is 0 Å². The van der Waals surface area contributed by atoms with Crippen molar-refractivity contribution in [2.75, 3.05) is 0 Å². The second kappa shape index (κ2) is 4.18. The van der Waals surface area contributed by atoms with Gasteiger partial charge >= 0.3 is 0 Å². The number of hydrogen-bond donors (Lipinski definition) is 1. The van der Waals surface area contributed by atoms with Crippen molar-refractivity contribution >= 4 is 8.37 Å². The van der Waals surface area contributed by atoms with Gasteiger partial charge < -0.3 is 0 Å². The largest absolute Gasteiger partial charge is 0.299 e. The molecule has 0 unspecified atom stereocenters. The highest BCUT2D eigenvalue weighted by atomic mass is 31.1. The number of azide groups is 1. The van der Waals surface area contributed by atoms with Crippen LogP contribution in [0.3, 0.4) is 0 Å². The van der Waals surface area contributed by atoms with E-state index >= 15 is 0 Å². The number of nitrogens with two attached hydrogens (primary N) is 1. The molecule has 0 saturated carbocycles. The van der Waals surface area contributed by atoms with E-state index in [1.165, 1.54) is 0 Å². The molecule has 0 atom stereocenters. The van der Waals surface area contributed by atoms with E-state index in [9.17, 15) is 0 Å². The van der Waals surface area contributed by atoms with E-state index in [0.29, 0.717) is 0 Å². The van der Waals surface area contributed by atoms with Crippen LogP contribution in [0.25, 0.3) is 20.9 Å². The highest BCUT2D eigenvalue weighted by Crippen LogP contribution is 2.28. The second-order valence-corrected chi connectivity index (χ2v) is 1.68. The van der Waals surface area contributed by atoms with E-state index in [-0.39, 0.29) is 0 Å². The lowest BCUT2D eigenvalue weighted by atomic mass is 13.0. The number of hydrogen-bond acceptors (Lipinski definition) is 3. The maximum Gasteiger partial charge on any atom is 0.145 e. The molecule has 0 aromatic heterocycles. The fraction of sp³-hybridized carbons (Fsp3) is 0. The van der Waals surface area contributed by atoms with E-state index in [1.54, 1.807) is 0 Å². The molecular weight excluding hydrogens is 129 g/mol. The minimum atomic E-state index is -1.66. The number of rotatable bonds is 2. The smallest absolute Gasteiger partial charge is 0.145 e. The molecule has 0 heterocycles. The topological polar surface area (TPSA) is 124 Å². The molecule has 0 bridgehead atoms. The molecule has 0 aliphatic carbocycles. The van der Waals surface area contributed by atoms with Gasteiger partial charge in [0.2, 0.25) is 0 Å². The van der Waals surface area contributed by atoms with Crippen LogP contribution in [-0.4, -0.2) is 0 Å². The first-order valence-corrected chi connectivity index (χ1v) is 2.77. The predicted octanol–water partition coefficient (Wildman–Crippen LogP) is 1.79. The van der Waals surface area contributed by atoms with Gasteiger partial charge in [0, 0.05) is 9.82 Å². The normalized spacial score (nSPS) is 10.6. The molecule has 0 saturated heterocycles. The zero-order chi connectivity index (χ0) is 6.41. The fourth-order valence-electron chi connectivity index (χ4n) is 0.0999. The minimum Gasteiger partial charge on any atom is -0.299 e. The van der Waals surface area contributed by atoms with Crippen LogP contribution in [0.1, 0.15) is 0 Å². The first-order valence-electron chi connectivity index (χ1n) is 1.46. The van der Waals surface area contributed by atoms with Gasteiger partial charge in [-0.25, -0.2) is 0 Å². The monoisotopic (exact) mass is 131 g/mol. The summed E-state index contributed by atoms with van der Waals surface area (Å²) in [5.41, 5.74) is 20.3. The van der Waals surface area contributed by atoms with Crippen molar-refractivity contribution < 1.29 is 0 Å². The maximum absolute atomic E-state index is 7.67. The van der Waals surface area contributed by atoms with Gasteiger partial charge in [0.25, 0.3) is 0 Å². The van der Waals surface area contributed by atoms with E-state index in [2.05, 4.69) is 19.6 Å². The van der Waals surface area contributed by atoms with Crippen molar-refractivity contribution in [1.29, 1.82) is 0 Å². The van der Waals surface area contributed by atoms with E-state index in [0.717, 1.165) is 0 Å². The van der Waals surface area contributed by atoms with Crippen LogP contribution in [-0.2, 0) is 0 Å². The highest BCUT2D eigenvalue weighted by molar-refractivity contribution is 7.51. The lowest BCUT2D eigenvalue weighted by Gasteiger charge is -1.85. The van der Waals surface area contributed by atoms with Gasteiger partial charge in [0.1, 0.15) is 8.37 Å². The maximum atomic E-state index is 7.67. The molecule has 0 fully saturated rings. The summed E-state index contributed by atoms with van der Waals surface area (Å²) in [5, 5.41) is 0. The van der Waals surface area contributed by atoms with E-state index in [4.69, 9.17) is 16.6 Å². The van der Waals surface area contributed by atoms with Crippen molar-refractivity contribution in [3.8, 4) is 0 Å². The lowest BCUT2D eigenvalue weighted by Crippen LogP contribution is -1.74. The molecule has 0 aliphatic rings. The summed E-state index contributed by atoms with van der Waals surface area (Å²) < 4.78 is 0. The quantitative estimate of drug-likeness (QED) is 0.261. The predicted molar refractivity (Wildman–Crippen MR) is 29.4 cm³/mol. The standard InChI is InChI=1S/H2N7P/c1-4-6-8(3)7-5-2/h3H2. The summed E-state index contributed by atoms with van der Waals surface area (Å²) in [6, 6.07) is 0. The minimum absolute atomic E-state index is 1.66. The van der Waals surface area contributed by atoms with Gasteiger partial charge in [-0.05, 0) is 20.8 Å². The Morgan fingerprint density at radius 2 is 1.62 bits per heavy atom. The van der Waals surface area contributed by atoms with Crippen LogP contribution < -0.4 is 5.50 Å². The summed E-state index contributed by atoms with van der Waals surface area (Å²) >= 11 is 0. The summed E-state index contributed by atoms with van der Waals surface area (Å²) in [4.78, 5) is 10.5. The Kier molecular flexibility index (Phi) is 3.66. The van der Waals surface area contributed by atoms with Crippen LogP contribution in [0.4, 0.5) is 0 Å². The third-order valence-corrected chi connectivity index (χ3v) is 0.790. The Morgan fingerprint density at radius 1 is 1.25 bits per heavy atom. The SMILES string of the molecule is [N-]=[N+]=NP(N)N=[N+]=[N-]. The zero-order valence-corrected chi connectivity index (χ0v) is 4.60. The zero-order valence-electron chi connectivity index (χ0n) is 3.71. The van der Waals surface area contributed by atoms with Crippen molar-refractivity contribution in [2.24, 2.45) is 15.3 Å². The Balaban J connectivity index is 3.82. The van der Waals surface area contributed by atoms with Crippen LogP contribution >= 0.6 is 8.37 Å². The van der Waals surface area contributed by atoms with Crippen molar-refractivity contribution in [2.45, 2.75) is 0 Å². The summed E-state index contributed by atoms with van der Waals surface area (Å²) in [7, 11) is -1.66. The summed E-state index contributed by atoms with van der Waals surface area (Å²) in [6.45, 7) is 0. The fourth-order valence-corrected chi connectivity index (χ4v) is 0.300. The molecule has 0 amide bonds. The molecule has 0 radical (unpaired) electrons. The van der Waals surface area contributed by atoms with Crippen molar-refractivity contribution in [1.82, 2.24) is 0 Å². The van der Waals surface area contributed by atoms with Crippen LogP contribution in [0.2, 0.25) is 0 Å². The highest BCUT2D eigenvalue weighted by Gasteiger charge is 1.86. The lowest BCUT2D eigenvalue weighted by molar-refractivity contribution is 1.58. The Hall–Kier alpha value is -0.990. The van der Waals surface area contributed by atoms with Crippen molar-refractivity contribution in [3.63, 3.8) is 0 Å². The van der Waals surface area contributed by atoms with E-state index < -0.39 is 8.37 Å². The van der Waals surface area contributed by atoms with Gasteiger partial charge in [-0.3, -0.25) is 5.50 Å². The van der Waals surface area contributed by atoms with Gasteiger partial charge in [0.15, 0.2) is 0 Å². The molecular formula is H2N7P. The van der Waals surface area contributed by atoms with Gasteiger partial charge in [-0.15, -0.1) is 0 Å². The summed E-state index contributed by atoms with van der Waals surface area (Å²) in [6.07, 6.45) is 0. The van der Waals surface area contributed by atoms with Crippen LogP contribution in [0.15, 0.2) is 9.77 Å². The van der Waals surface area contributed by atoms with Crippen LogP contribution in [0.5, 0.6) is 0 Å².